The molecule has 0 radical (unpaired) electrons. The zero-order chi connectivity index (χ0) is 18.3. The van der Waals surface area contributed by atoms with Crippen LogP contribution in [0.5, 0.6) is 0 Å². The van der Waals surface area contributed by atoms with Gasteiger partial charge in [0.15, 0.2) is 0 Å². The Hall–Kier alpha value is -3.14. The Morgan fingerprint density at radius 1 is 1.08 bits per heavy atom. The van der Waals surface area contributed by atoms with Crippen LogP contribution in [0, 0.1) is 0 Å². The molecule has 1 N–H and O–H groups in total. The number of nitrogens with zero attached hydrogens (tertiary/aromatic N) is 2. The third-order valence-corrected chi connectivity index (χ3v) is 4.91. The molecule has 1 aliphatic rings. The Morgan fingerprint density at radius 3 is 2.50 bits per heavy atom. The smallest absolute Gasteiger partial charge is 0.336 e. The van der Waals surface area contributed by atoms with Crippen molar-refractivity contribution in [3.8, 4) is 0 Å². The molecule has 0 saturated heterocycles. The lowest BCUT2D eigenvalue weighted by atomic mass is 10.0. The summed E-state index contributed by atoms with van der Waals surface area (Å²) in [6, 6.07) is 15.8. The van der Waals surface area contributed by atoms with Gasteiger partial charge in [-0.2, -0.15) is 0 Å². The van der Waals surface area contributed by atoms with Crippen LogP contribution in [0.4, 0.5) is 5.69 Å². The van der Waals surface area contributed by atoms with E-state index in [4.69, 9.17) is 4.98 Å². The quantitative estimate of drug-likeness (QED) is 0.761. The van der Waals surface area contributed by atoms with Gasteiger partial charge in [-0.15, -0.1) is 0 Å². The highest BCUT2D eigenvalue weighted by Gasteiger charge is 2.26. The molecule has 0 bridgehead atoms. The second kappa shape index (κ2) is 6.30. The van der Waals surface area contributed by atoms with Crippen molar-refractivity contribution >= 4 is 34.2 Å². The normalized spacial score (nSPS) is 14.6. The number of anilines is 1. The summed E-state index contributed by atoms with van der Waals surface area (Å²) in [7, 11) is 4.03. The molecular weight excluding hydrogens is 324 g/mol. The van der Waals surface area contributed by atoms with Crippen LogP contribution in [0.15, 0.2) is 48.5 Å². The average Bonchev–Trinajstić information content (AvgIpc) is 3.02. The first kappa shape index (κ1) is 16.3. The standard InChI is InChI=1S/C22H20N2O2/c1-24(2)16-10-7-14(8-11-16)13-15-9-12-18-20(22(25)26)17-5-3-4-6-19(17)23-21(15)18/h3-8,10-11,13H,9,12H2,1-2H3,(H,25,26)/b15-13+. The van der Waals surface area contributed by atoms with E-state index < -0.39 is 5.97 Å². The Labute approximate surface area is 152 Å². The number of carbonyl (C=O) groups is 1. The highest BCUT2D eigenvalue weighted by atomic mass is 16.4. The molecular formula is C22H20N2O2. The molecule has 130 valence electrons. The first-order valence-electron chi connectivity index (χ1n) is 8.68. The monoisotopic (exact) mass is 344 g/mol. The van der Waals surface area contributed by atoms with Gasteiger partial charge in [-0.05, 0) is 53.8 Å². The van der Waals surface area contributed by atoms with E-state index in [1.54, 1.807) is 0 Å². The fourth-order valence-electron chi connectivity index (χ4n) is 3.59. The molecule has 0 fully saturated rings. The zero-order valence-electron chi connectivity index (χ0n) is 14.9. The zero-order valence-corrected chi connectivity index (χ0v) is 14.9. The molecule has 1 aromatic heterocycles. The van der Waals surface area contributed by atoms with Crippen LogP contribution in [0.25, 0.3) is 22.6 Å². The van der Waals surface area contributed by atoms with Crippen molar-refractivity contribution in [1.29, 1.82) is 0 Å². The minimum Gasteiger partial charge on any atom is -0.478 e. The SMILES string of the molecule is CN(C)c1ccc(/C=C2\CCc3c2nc2ccccc2c3C(=O)O)cc1. The third-order valence-electron chi connectivity index (χ3n) is 4.91. The number of aromatic nitrogens is 1. The Balaban J connectivity index is 1.83. The number of hydrogen-bond acceptors (Lipinski definition) is 3. The topological polar surface area (TPSA) is 53.4 Å². The van der Waals surface area contributed by atoms with Crippen LogP contribution in [0.3, 0.4) is 0 Å². The molecule has 26 heavy (non-hydrogen) atoms. The molecule has 1 heterocycles. The summed E-state index contributed by atoms with van der Waals surface area (Å²) in [5.41, 5.74) is 6.17. The van der Waals surface area contributed by atoms with Crippen LogP contribution in [0.2, 0.25) is 0 Å². The van der Waals surface area contributed by atoms with Crippen LogP contribution in [0.1, 0.15) is 33.6 Å². The molecule has 0 unspecified atom stereocenters. The summed E-state index contributed by atoms with van der Waals surface area (Å²) in [6.07, 6.45) is 3.66. The van der Waals surface area contributed by atoms with Crippen molar-refractivity contribution in [2.75, 3.05) is 19.0 Å². The number of fused-ring (bicyclic) bond motifs is 2. The van der Waals surface area contributed by atoms with Crippen molar-refractivity contribution in [1.82, 2.24) is 4.98 Å². The van der Waals surface area contributed by atoms with E-state index in [-0.39, 0.29) is 0 Å². The molecule has 4 nitrogen and oxygen atoms in total. The van der Waals surface area contributed by atoms with E-state index in [0.29, 0.717) is 5.56 Å². The lowest BCUT2D eigenvalue weighted by Crippen LogP contribution is -2.07. The van der Waals surface area contributed by atoms with Gasteiger partial charge in [-0.1, -0.05) is 30.3 Å². The van der Waals surface area contributed by atoms with Crippen molar-refractivity contribution in [2.45, 2.75) is 12.8 Å². The van der Waals surface area contributed by atoms with Gasteiger partial charge in [-0.3, -0.25) is 0 Å². The second-order valence-corrected chi connectivity index (χ2v) is 6.79. The van der Waals surface area contributed by atoms with Crippen molar-refractivity contribution in [3.05, 3.63) is 70.9 Å². The summed E-state index contributed by atoms with van der Waals surface area (Å²) >= 11 is 0. The predicted octanol–water partition coefficient (Wildman–Crippen LogP) is 4.49. The van der Waals surface area contributed by atoms with Crippen LogP contribution < -0.4 is 4.90 Å². The molecule has 0 spiro atoms. The Bertz CT molecular complexity index is 1030. The molecule has 0 aliphatic heterocycles. The number of benzene rings is 2. The molecule has 0 amide bonds. The maximum atomic E-state index is 11.9. The number of hydrogen-bond donors (Lipinski definition) is 1. The number of para-hydroxylation sites is 1. The fourth-order valence-corrected chi connectivity index (χ4v) is 3.59. The Morgan fingerprint density at radius 2 is 1.81 bits per heavy atom. The molecule has 4 heteroatoms. The van der Waals surface area contributed by atoms with Gasteiger partial charge in [0.05, 0.1) is 16.8 Å². The first-order valence-corrected chi connectivity index (χ1v) is 8.68. The lowest BCUT2D eigenvalue weighted by molar-refractivity contribution is 0.0698. The molecule has 0 saturated carbocycles. The fraction of sp³-hybridized carbons (Fsp3) is 0.182. The van der Waals surface area contributed by atoms with Gasteiger partial charge >= 0.3 is 5.97 Å². The summed E-state index contributed by atoms with van der Waals surface area (Å²) in [5, 5.41) is 10.5. The maximum absolute atomic E-state index is 11.9. The van der Waals surface area contributed by atoms with Crippen molar-refractivity contribution in [3.63, 3.8) is 0 Å². The minimum absolute atomic E-state index is 0.400. The lowest BCUT2D eigenvalue weighted by Gasteiger charge is -2.12. The molecule has 3 aromatic rings. The average molecular weight is 344 g/mol. The third kappa shape index (κ3) is 2.73. The highest BCUT2D eigenvalue weighted by Crippen LogP contribution is 2.37. The van der Waals surface area contributed by atoms with Crippen LogP contribution in [-0.4, -0.2) is 30.2 Å². The second-order valence-electron chi connectivity index (χ2n) is 6.79. The Kier molecular flexibility index (Phi) is 3.96. The minimum atomic E-state index is -0.878. The summed E-state index contributed by atoms with van der Waals surface area (Å²) in [5.74, 6) is -0.878. The van der Waals surface area contributed by atoms with Gasteiger partial charge in [0.1, 0.15) is 0 Å². The van der Waals surface area contributed by atoms with Gasteiger partial charge in [0.2, 0.25) is 0 Å². The van der Waals surface area contributed by atoms with Gasteiger partial charge < -0.3 is 10.0 Å². The number of pyridine rings is 1. The first-order chi connectivity index (χ1) is 12.5. The van der Waals surface area contributed by atoms with Crippen LogP contribution in [-0.2, 0) is 6.42 Å². The van der Waals surface area contributed by atoms with E-state index in [1.165, 1.54) is 0 Å². The largest absolute Gasteiger partial charge is 0.478 e. The maximum Gasteiger partial charge on any atom is 0.336 e. The number of aromatic carboxylic acids is 1. The van der Waals surface area contributed by atoms with Gasteiger partial charge in [-0.25, -0.2) is 9.78 Å². The molecule has 1 aliphatic carbocycles. The van der Waals surface area contributed by atoms with E-state index in [1.807, 2.05) is 38.4 Å². The number of carboxylic acids is 1. The van der Waals surface area contributed by atoms with Crippen molar-refractivity contribution in [2.24, 2.45) is 0 Å². The molecule has 4 rings (SSSR count). The van der Waals surface area contributed by atoms with E-state index in [2.05, 4.69) is 35.2 Å². The van der Waals surface area contributed by atoms with E-state index in [9.17, 15) is 9.90 Å². The van der Waals surface area contributed by atoms with Gasteiger partial charge in [0.25, 0.3) is 0 Å². The predicted molar refractivity (Wildman–Crippen MR) is 106 cm³/mol. The molecule has 2 aromatic carbocycles. The number of carboxylic acid groups (broad SMARTS) is 1. The van der Waals surface area contributed by atoms with E-state index in [0.717, 1.165) is 51.8 Å². The number of allylic oxidation sites excluding steroid dienone is 1. The van der Waals surface area contributed by atoms with Gasteiger partial charge in [0, 0.05) is 25.2 Å². The summed E-state index contributed by atoms with van der Waals surface area (Å²) in [6.45, 7) is 0. The summed E-state index contributed by atoms with van der Waals surface area (Å²) in [4.78, 5) is 18.7. The van der Waals surface area contributed by atoms with Crippen molar-refractivity contribution < 1.29 is 9.90 Å². The molecule has 0 atom stereocenters. The van der Waals surface area contributed by atoms with Crippen LogP contribution >= 0.6 is 0 Å². The highest BCUT2D eigenvalue weighted by molar-refractivity contribution is 6.06. The summed E-state index contributed by atoms with van der Waals surface area (Å²) < 4.78 is 0. The number of rotatable bonds is 3. The van der Waals surface area contributed by atoms with E-state index >= 15 is 0 Å².